The van der Waals surface area contributed by atoms with Crippen LogP contribution in [0, 0.1) is 12.7 Å². The van der Waals surface area contributed by atoms with Gasteiger partial charge in [0.1, 0.15) is 12.4 Å². The third-order valence-electron chi connectivity index (χ3n) is 5.07. The summed E-state index contributed by atoms with van der Waals surface area (Å²) in [5, 5.41) is 6.86. The molecule has 0 bridgehead atoms. The minimum absolute atomic E-state index is 0.161. The molecule has 3 aromatic carbocycles. The Hall–Kier alpha value is -3.16. The lowest BCUT2D eigenvalue weighted by molar-refractivity contribution is -0.116. The predicted octanol–water partition coefficient (Wildman–Crippen LogP) is 6.36. The van der Waals surface area contributed by atoms with Crippen LogP contribution in [0.15, 0.2) is 65.6 Å². The average Bonchev–Trinajstić information content (AvgIpc) is 3.14. The monoisotopic (exact) mass is 498 g/mol. The number of ether oxygens (including phenoxy) is 2. The Kier molecular flexibility index (Phi) is 7.65. The molecule has 0 radical (unpaired) electrons. The maximum absolute atomic E-state index is 13.4. The van der Waals surface area contributed by atoms with Crippen LogP contribution in [0.5, 0.6) is 11.5 Å². The molecule has 1 fully saturated rings. The first-order valence-corrected chi connectivity index (χ1v) is 12.0. The van der Waals surface area contributed by atoms with Crippen LogP contribution in [0.3, 0.4) is 0 Å². The van der Waals surface area contributed by atoms with E-state index in [2.05, 4.69) is 10.6 Å². The molecule has 4 rings (SSSR count). The van der Waals surface area contributed by atoms with Gasteiger partial charge in [-0.25, -0.2) is 4.39 Å². The molecule has 0 aromatic heterocycles. The molecule has 1 atom stereocenters. The first-order chi connectivity index (χ1) is 16.4. The molecule has 2 N–H and O–H groups in total. The maximum atomic E-state index is 13.4. The fourth-order valence-electron chi connectivity index (χ4n) is 3.40. The van der Waals surface area contributed by atoms with Crippen molar-refractivity contribution in [1.29, 1.82) is 0 Å². The van der Waals surface area contributed by atoms with Gasteiger partial charge in [-0.15, -0.1) is 0 Å². The number of carbonyl (C=O) groups is 1. The highest BCUT2D eigenvalue weighted by atomic mass is 35.5. The van der Waals surface area contributed by atoms with Gasteiger partial charge in [-0.1, -0.05) is 47.6 Å². The van der Waals surface area contributed by atoms with E-state index in [9.17, 15) is 9.18 Å². The SMILES string of the molecule is CCOc1cc(/C=C2\SC(Nc3cc(Cl)ccc3C)NC2=O)ccc1OCc1cccc(F)c1. The van der Waals surface area contributed by atoms with E-state index in [0.29, 0.717) is 28.0 Å². The van der Waals surface area contributed by atoms with Crippen LogP contribution in [-0.4, -0.2) is 18.0 Å². The molecular weight excluding hydrogens is 475 g/mol. The number of aryl methyl sites for hydroxylation is 1. The van der Waals surface area contributed by atoms with Crippen LogP contribution in [0.4, 0.5) is 10.1 Å². The largest absolute Gasteiger partial charge is 0.490 e. The lowest BCUT2D eigenvalue weighted by Crippen LogP contribution is -2.31. The molecule has 0 aliphatic carbocycles. The molecule has 1 aliphatic heterocycles. The molecule has 1 aliphatic rings. The van der Waals surface area contributed by atoms with Crippen molar-refractivity contribution in [2.75, 3.05) is 11.9 Å². The van der Waals surface area contributed by atoms with Crippen LogP contribution < -0.4 is 20.1 Å². The summed E-state index contributed by atoms with van der Waals surface area (Å²) in [6, 6.07) is 17.3. The molecular formula is C26H24ClFN2O3S. The second kappa shape index (κ2) is 10.8. The smallest absolute Gasteiger partial charge is 0.260 e. The molecule has 176 valence electrons. The molecule has 1 unspecified atom stereocenters. The Morgan fingerprint density at radius 3 is 2.76 bits per heavy atom. The summed E-state index contributed by atoms with van der Waals surface area (Å²) in [4.78, 5) is 13.1. The normalized spacial score (nSPS) is 16.4. The molecule has 5 nitrogen and oxygen atoms in total. The Morgan fingerprint density at radius 1 is 1.12 bits per heavy atom. The van der Waals surface area contributed by atoms with Crippen molar-refractivity contribution in [2.45, 2.75) is 26.0 Å². The highest BCUT2D eigenvalue weighted by Gasteiger charge is 2.27. The van der Waals surface area contributed by atoms with Crippen molar-refractivity contribution in [1.82, 2.24) is 5.32 Å². The number of carbonyl (C=O) groups excluding carboxylic acids is 1. The fraction of sp³-hybridized carbons (Fsp3) is 0.192. The van der Waals surface area contributed by atoms with Gasteiger partial charge in [-0.05, 0) is 73.0 Å². The summed E-state index contributed by atoms with van der Waals surface area (Å²) in [7, 11) is 0. The Balaban J connectivity index is 1.47. The van der Waals surface area contributed by atoms with Gasteiger partial charge in [0.05, 0.1) is 11.5 Å². The zero-order valence-electron chi connectivity index (χ0n) is 18.7. The maximum Gasteiger partial charge on any atom is 0.260 e. The number of benzene rings is 3. The zero-order chi connectivity index (χ0) is 24.1. The van der Waals surface area contributed by atoms with E-state index in [1.54, 1.807) is 18.2 Å². The lowest BCUT2D eigenvalue weighted by Gasteiger charge is -2.15. The highest BCUT2D eigenvalue weighted by molar-refractivity contribution is 8.05. The van der Waals surface area contributed by atoms with Gasteiger partial charge in [-0.3, -0.25) is 4.79 Å². The number of nitrogens with one attached hydrogen (secondary N) is 2. The van der Waals surface area contributed by atoms with Crippen molar-refractivity contribution < 1.29 is 18.7 Å². The first kappa shape index (κ1) is 24.0. The van der Waals surface area contributed by atoms with Crippen molar-refractivity contribution >= 4 is 41.0 Å². The van der Waals surface area contributed by atoms with Gasteiger partial charge in [0.15, 0.2) is 17.0 Å². The molecule has 1 amide bonds. The summed E-state index contributed by atoms with van der Waals surface area (Å²) >= 11 is 7.49. The first-order valence-electron chi connectivity index (χ1n) is 10.8. The van der Waals surface area contributed by atoms with E-state index in [1.807, 2.05) is 50.3 Å². The van der Waals surface area contributed by atoms with Gasteiger partial charge in [0.25, 0.3) is 5.91 Å². The fourth-order valence-corrected chi connectivity index (χ4v) is 4.55. The van der Waals surface area contributed by atoms with Crippen molar-refractivity contribution in [3.63, 3.8) is 0 Å². The standard InChI is InChI=1S/C26H24ClFN2O3S/c1-3-32-23-12-17(8-10-22(23)33-15-18-5-4-6-20(28)11-18)13-24-25(31)30-26(34-24)29-21-14-19(27)9-7-16(21)2/h4-14,26,29H,3,15H2,1-2H3,(H,30,31)/b24-13-. The molecule has 0 spiro atoms. The third-order valence-corrected chi connectivity index (χ3v) is 6.33. The number of thioether (sulfide) groups is 1. The number of hydrogen-bond donors (Lipinski definition) is 2. The van der Waals surface area contributed by atoms with Crippen molar-refractivity contribution in [3.8, 4) is 11.5 Å². The van der Waals surface area contributed by atoms with Crippen LogP contribution in [0.1, 0.15) is 23.6 Å². The quantitative estimate of drug-likeness (QED) is 0.354. The van der Waals surface area contributed by atoms with E-state index in [4.69, 9.17) is 21.1 Å². The summed E-state index contributed by atoms with van der Waals surface area (Å²) < 4.78 is 25.0. The number of halogens is 2. The summed E-state index contributed by atoms with van der Waals surface area (Å²) in [5.74, 6) is 0.638. The van der Waals surface area contributed by atoms with Gasteiger partial charge in [-0.2, -0.15) is 0 Å². The minimum Gasteiger partial charge on any atom is -0.490 e. The zero-order valence-corrected chi connectivity index (χ0v) is 20.3. The van der Waals surface area contributed by atoms with Crippen LogP contribution >= 0.6 is 23.4 Å². The van der Waals surface area contributed by atoms with E-state index in [1.165, 1.54) is 23.9 Å². The van der Waals surface area contributed by atoms with Gasteiger partial charge < -0.3 is 20.1 Å². The Morgan fingerprint density at radius 2 is 1.97 bits per heavy atom. The van der Waals surface area contributed by atoms with Gasteiger partial charge >= 0.3 is 0 Å². The lowest BCUT2D eigenvalue weighted by atomic mass is 10.2. The molecule has 8 heteroatoms. The predicted molar refractivity (Wildman–Crippen MR) is 136 cm³/mol. The molecule has 1 saturated heterocycles. The minimum atomic E-state index is -0.309. The third kappa shape index (κ3) is 6.04. The molecule has 1 heterocycles. The Bertz CT molecular complexity index is 1230. The number of anilines is 1. The van der Waals surface area contributed by atoms with E-state index < -0.39 is 0 Å². The summed E-state index contributed by atoms with van der Waals surface area (Å²) in [6.07, 6.45) is 1.81. The highest BCUT2D eigenvalue weighted by Crippen LogP contribution is 2.34. The van der Waals surface area contributed by atoms with Gasteiger partial charge in [0, 0.05) is 10.7 Å². The molecule has 0 saturated carbocycles. The molecule has 34 heavy (non-hydrogen) atoms. The van der Waals surface area contributed by atoms with E-state index >= 15 is 0 Å². The Labute approximate surface area is 207 Å². The van der Waals surface area contributed by atoms with Crippen LogP contribution in [-0.2, 0) is 11.4 Å². The summed E-state index contributed by atoms with van der Waals surface area (Å²) in [5.41, 5.74) is 3.12. The van der Waals surface area contributed by atoms with Crippen molar-refractivity contribution in [2.24, 2.45) is 0 Å². The van der Waals surface area contributed by atoms with E-state index in [-0.39, 0.29) is 23.8 Å². The van der Waals surface area contributed by atoms with Crippen LogP contribution in [0.2, 0.25) is 5.02 Å². The van der Waals surface area contributed by atoms with E-state index in [0.717, 1.165) is 22.4 Å². The van der Waals surface area contributed by atoms with Crippen molar-refractivity contribution in [3.05, 3.63) is 93.1 Å². The number of amides is 1. The average molecular weight is 499 g/mol. The van der Waals surface area contributed by atoms with Gasteiger partial charge in [0.2, 0.25) is 0 Å². The number of hydrogen-bond acceptors (Lipinski definition) is 5. The second-order valence-corrected chi connectivity index (χ2v) is 9.22. The van der Waals surface area contributed by atoms with Crippen LogP contribution in [0.25, 0.3) is 6.08 Å². The topological polar surface area (TPSA) is 59.6 Å². The summed E-state index contributed by atoms with van der Waals surface area (Å²) in [6.45, 7) is 4.53. The molecule has 3 aromatic rings. The number of rotatable bonds is 8. The second-order valence-electron chi connectivity index (χ2n) is 7.64.